The molecule has 0 fully saturated rings. The molecule has 1 heterocycles. The Kier molecular flexibility index (Phi) is 2.92. The molecule has 0 atom stereocenters. The van der Waals surface area contributed by atoms with E-state index < -0.39 is 0 Å². The Labute approximate surface area is 97.1 Å². The number of amides is 1. The summed E-state index contributed by atoms with van der Waals surface area (Å²) in [6, 6.07) is 6.44. The van der Waals surface area contributed by atoms with Crippen molar-refractivity contribution >= 4 is 27.3 Å². The van der Waals surface area contributed by atoms with E-state index in [1.54, 1.807) is 12.1 Å². The first-order valence-electron chi connectivity index (χ1n) is 5.06. The number of hydrogen-bond acceptors (Lipinski definition) is 2. The fourth-order valence-corrected chi connectivity index (χ4v) is 2.44. The van der Waals surface area contributed by atoms with Crippen molar-refractivity contribution in [1.82, 2.24) is 5.32 Å². The van der Waals surface area contributed by atoms with Crippen molar-refractivity contribution in [3.8, 4) is 0 Å². The van der Waals surface area contributed by atoms with Gasteiger partial charge in [0.25, 0.3) is 5.91 Å². The molecular weight excluding hydrogens is 225 g/mol. The van der Waals surface area contributed by atoms with Crippen molar-refractivity contribution in [2.45, 2.75) is 19.9 Å². The predicted molar refractivity (Wildman–Crippen MR) is 64.4 cm³/mol. The van der Waals surface area contributed by atoms with E-state index in [4.69, 9.17) is 0 Å². The van der Waals surface area contributed by atoms with E-state index in [2.05, 4.69) is 5.32 Å². The van der Waals surface area contributed by atoms with Gasteiger partial charge >= 0.3 is 0 Å². The van der Waals surface area contributed by atoms with Gasteiger partial charge in [0.05, 0.1) is 4.88 Å². The molecule has 0 unspecified atom stereocenters. The first-order valence-corrected chi connectivity index (χ1v) is 5.88. The summed E-state index contributed by atoms with van der Waals surface area (Å²) >= 11 is 1.31. The number of fused-ring (bicyclic) bond motifs is 1. The van der Waals surface area contributed by atoms with Crippen LogP contribution in [-0.2, 0) is 0 Å². The lowest BCUT2D eigenvalue weighted by atomic mass is 10.2. The Bertz CT molecular complexity index is 533. The molecular formula is C12H12FNOS. The average Bonchev–Trinajstić information content (AvgIpc) is 2.59. The zero-order valence-electron chi connectivity index (χ0n) is 9.08. The van der Waals surface area contributed by atoms with Crippen molar-refractivity contribution in [3.63, 3.8) is 0 Å². The SMILES string of the molecule is CC(C)NC(=O)c1cc2ccc(F)cc2s1. The third kappa shape index (κ3) is 2.22. The minimum atomic E-state index is -0.273. The summed E-state index contributed by atoms with van der Waals surface area (Å²) in [6.07, 6.45) is 0. The van der Waals surface area contributed by atoms with Crippen LogP contribution in [0.1, 0.15) is 23.5 Å². The molecule has 1 aromatic heterocycles. The van der Waals surface area contributed by atoms with Crippen LogP contribution in [0.15, 0.2) is 24.3 Å². The summed E-state index contributed by atoms with van der Waals surface area (Å²) in [6.45, 7) is 3.82. The maximum absolute atomic E-state index is 13.0. The second-order valence-electron chi connectivity index (χ2n) is 3.92. The highest BCUT2D eigenvalue weighted by Crippen LogP contribution is 2.26. The lowest BCUT2D eigenvalue weighted by Gasteiger charge is -2.05. The Morgan fingerprint density at radius 1 is 1.38 bits per heavy atom. The maximum Gasteiger partial charge on any atom is 0.261 e. The molecule has 1 amide bonds. The van der Waals surface area contributed by atoms with Gasteiger partial charge in [-0.2, -0.15) is 0 Å². The number of carbonyl (C=O) groups is 1. The lowest BCUT2D eigenvalue weighted by molar-refractivity contribution is 0.0947. The molecule has 0 saturated carbocycles. The normalized spacial score (nSPS) is 11.0. The van der Waals surface area contributed by atoms with E-state index in [0.717, 1.165) is 10.1 Å². The molecule has 1 aromatic carbocycles. The van der Waals surface area contributed by atoms with Gasteiger partial charge in [-0.3, -0.25) is 4.79 Å². The first kappa shape index (κ1) is 11.1. The van der Waals surface area contributed by atoms with Crippen LogP contribution in [-0.4, -0.2) is 11.9 Å². The van der Waals surface area contributed by atoms with Crippen molar-refractivity contribution in [2.24, 2.45) is 0 Å². The summed E-state index contributed by atoms with van der Waals surface area (Å²) < 4.78 is 13.8. The van der Waals surface area contributed by atoms with Crippen LogP contribution in [0.5, 0.6) is 0 Å². The number of halogens is 1. The van der Waals surface area contributed by atoms with Gasteiger partial charge in [0, 0.05) is 10.7 Å². The monoisotopic (exact) mass is 237 g/mol. The molecule has 16 heavy (non-hydrogen) atoms. The predicted octanol–water partition coefficient (Wildman–Crippen LogP) is 3.18. The van der Waals surface area contributed by atoms with Crippen LogP contribution in [0.3, 0.4) is 0 Å². The maximum atomic E-state index is 13.0. The zero-order valence-corrected chi connectivity index (χ0v) is 9.90. The third-order valence-electron chi connectivity index (χ3n) is 2.13. The van der Waals surface area contributed by atoms with Crippen molar-refractivity contribution in [3.05, 3.63) is 35.0 Å². The fraction of sp³-hybridized carbons (Fsp3) is 0.250. The molecule has 2 rings (SSSR count). The minimum Gasteiger partial charge on any atom is -0.349 e. The molecule has 0 spiro atoms. The Morgan fingerprint density at radius 2 is 2.12 bits per heavy atom. The van der Waals surface area contributed by atoms with E-state index >= 15 is 0 Å². The van der Waals surface area contributed by atoms with Crippen molar-refractivity contribution in [2.75, 3.05) is 0 Å². The van der Waals surface area contributed by atoms with Crippen LogP contribution in [0.2, 0.25) is 0 Å². The lowest BCUT2D eigenvalue weighted by Crippen LogP contribution is -2.29. The number of benzene rings is 1. The highest BCUT2D eigenvalue weighted by Gasteiger charge is 2.11. The second kappa shape index (κ2) is 4.22. The molecule has 1 N–H and O–H groups in total. The van der Waals surface area contributed by atoms with Crippen molar-refractivity contribution in [1.29, 1.82) is 0 Å². The highest BCUT2D eigenvalue weighted by molar-refractivity contribution is 7.20. The molecule has 0 radical (unpaired) electrons. The van der Waals surface area contributed by atoms with E-state index in [1.807, 2.05) is 13.8 Å². The Morgan fingerprint density at radius 3 is 2.81 bits per heavy atom. The summed E-state index contributed by atoms with van der Waals surface area (Å²) in [5.41, 5.74) is 0. The van der Waals surface area contributed by atoms with Crippen LogP contribution in [0, 0.1) is 5.82 Å². The highest BCUT2D eigenvalue weighted by atomic mass is 32.1. The van der Waals surface area contributed by atoms with Gasteiger partial charge < -0.3 is 5.32 Å². The quantitative estimate of drug-likeness (QED) is 0.854. The molecule has 0 aliphatic carbocycles. The molecule has 0 aliphatic heterocycles. The van der Waals surface area contributed by atoms with Crippen LogP contribution in [0.25, 0.3) is 10.1 Å². The second-order valence-corrected chi connectivity index (χ2v) is 5.00. The summed E-state index contributed by atoms with van der Waals surface area (Å²) in [4.78, 5) is 12.3. The third-order valence-corrected chi connectivity index (χ3v) is 3.22. The van der Waals surface area contributed by atoms with Gasteiger partial charge in [-0.25, -0.2) is 4.39 Å². The fourth-order valence-electron chi connectivity index (χ4n) is 1.45. The topological polar surface area (TPSA) is 29.1 Å². The summed E-state index contributed by atoms with van der Waals surface area (Å²) in [7, 11) is 0. The number of hydrogen-bond donors (Lipinski definition) is 1. The van der Waals surface area contributed by atoms with Gasteiger partial charge in [-0.15, -0.1) is 11.3 Å². The average molecular weight is 237 g/mol. The van der Waals surface area contributed by atoms with E-state index in [0.29, 0.717) is 4.88 Å². The standard InChI is InChI=1S/C12H12FNOS/c1-7(2)14-12(15)11-5-8-3-4-9(13)6-10(8)16-11/h3-7H,1-2H3,(H,14,15). The van der Waals surface area contributed by atoms with Gasteiger partial charge in [0.15, 0.2) is 0 Å². The van der Waals surface area contributed by atoms with E-state index in [9.17, 15) is 9.18 Å². The molecule has 0 aliphatic rings. The van der Waals surface area contributed by atoms with Crippen molar-refractivity contribution < 1.29 is 9.18 Å². The molecule has 2 aromatic rings. The van der Waals surface area contributed by atoms with E-state index in [1.165, 1.54) is 23.5 Å². The number of thiophene rings is 1. The largest absolute Gasteiger partial charge is 0.349 e. The summed E-state index contributed by atoms with van der Waals surface area (Å²) in [5.74, 6) is -0.373. The first-order chi connectivity index (χ1) is 7.56. The number of rotatable bonds is 2. The number of nitrogens with one attached hydrogen (secondary N) is 1. The Hall–Kier alpha value is -1.42. The van der Waals surface area contributed by atoms with Crippen LogP contribution < -0.4 is 5.32 Å². The van der Waals surface area contributed by atoms with Gasteiger partial charge in [-0.1, -0.05) is 6.07 Å². The minimum absolute atomic E-state index is 0.100. The summed E-state index contributed by atoms with van der Waals surface area (Å²) in [5, 5.41) is 3.72. The van der Waals surface area contributed by atoms with Crippen LogP contribution in [0.4, 0.5) is 4.39 Å². The van der Waals surface area contributed by atoms with E-state index in [-0.39, 0.29) is 17.8 Å². The molecule has 84 valence electrons. The molecule has 0 bridgehead atoms. The smallest absolute Gasteiger partial charge is 0.261 e. The molecule has 4 heteroatoms. The zero-order chi connectivity index (χ0) is 11.7. The van der Waals surface area contributed by atoms with Crippen LogP contribution >= 0.6 is 11.3 Å². The van der Waals surface area contributed by atoms with Gasteiger partial charge in [-0.05, 0) is 37.4 Å². The van der Waals surface area contributed by atoms with Gasteiger partial charge in [0.2, 0.25) is 0 Å². The number of carbonyl (C=O) groups excluding carboxylic acids is 1. The molecule has 2 nitrogen and oxygen atoms in total. The Balaban J connectivity index is 2.36. The molecule has 0 saturated heterocycles. The van der Waals surface area contributed by atoms with Gasteiger partial charge in [0.1, 0.15) is 5.82 Å².